The van der Waals surface area contributed by atoms with Gasteiger partial charge in [0.05, 0.1) is 0 Å². The number of benzene rings is 1. The summed E-state index contributed by atoms with van der Waals surface area (Å²) >= 11 is -0.0681. The molecule has 100 valence electrons. The van der Waals surface area contributed by atoms with Gasteiger partial charge in [-0.25, -0.2) is 0 Å². The Bertz CT molecular complexity index is 372. The molecule has 6 heteroatoms. The molecule has 0 radical (unpaired) electrons. The third-order valence-corrected chi connectivity index (χ3v) is 3.51. The highest BCUT2D eigenvalue weighted by Gasteiger charge is 2.29. The third-order valence-electron chi connectivity index (χ3n) is 2.77. The van der Waals surface area contributed by atoms with Crippen LogP contribution in [0.5, 0.6) is 0 Å². The highest BCUT2D eigenvalue weighted by atomic mass is 32.2. The Morgan fingerprint density at radius 2 is 1.72 bits per heavy atom. The molecule has 1 aliphatic heterocycles. The van der Waals surface area contributed by atoms with Crippen LogP contribution < -0.4 is 5.32 Å². The summed E-state index contributed by atoms with van der Waals surface area (Å²) in [7, 11) is 0. The molecule has 0 amide bonds. The van der Waals surface area contributed by atoms with Crippen molar-refractivity contribution in [3.8, 4) is 0 Å². The molecular formula is C12H15F3N2S. The molecule has 0 atom stereocenters. The minimum Gasteiger partial charge on any atom is -0.314 e. The van der Waals surface area contributed by atoms with Crippen molar-refractivity contribution in [2.24, 2.45) is 0 Å². The van der Waals surface area contributed by atoms with Crippen molar-refractivity contribution in [2.75, 3.05) is 26.2 Å². The van der Waals surface area contributed by atoms with Crippen molar-refractivity contribution >= 4 is 11.8 Å². The van der Waals surface area contributed by atoms with Gasteiger partial charge in [-0.15, -0.1) is 0 Å². The monoisotopic (exact) mass is 276 g/mol. The van der Waals surface area contributed by atoms with E-state index in [2.05, 4.69) is 10.2 Å². The van der Waals surface area contributed by atoms with Crippen LogP contribution in [0.3, 0.4) is 0 Å². The van der Waals surface area contributed by atoms with Gasteiger partial charge in [0.1, 0.15) is 0 Å². The van der Waals surface area contributed by atoms with Gasteiger partial charge in [-0.3, -0.25) is 4.90 Å². The Hall–Kier alpha value is -0.720. The summed E-state index contributed by atoms with van der Waals surface area (Å²) in [5, 5.41) is 3.27. The Kier molecular flexibility index (Phi) is 4.53. The Labute approximate surface area is 109 Å². The fourth-order valence-corrected chi connectivity index (χ4v) is 2.46. The highest BCUT2D eigenvalue weighted by Crippen LogP contribution is 2.36. The summed E-state index contributed by atoms with van der Waals surface area (Å²) in [5.41, 5.74) is -3.15. The predicted molar refractivity (Wildman–Crippen MR) is 66.5 cm³/mol. The largest absolute Gasteiger partial charge is 0.446 e. The number of nitrogens with one attached hydrogen (secondary N) is 1. The fourth-order valence-electron chi connectivity index (χ4n) is 1.92. The molecule has 1 saturated heterocycles. The maximum absolute atomic E-state index is 12.2. The quantitative estimate of drug-likeness (QED) is 0.855. The van der Waals surface area contributed by atoms with E-state index in [1.165, 1.54) is 12.1 Å². The second kappa shape index (κ2) is 5.95. The lowest BCUT2D eigenvalue weighted by molar-refractivity contribution is -0.0328. The number of rotatable bonds is 3. The Morgan fingerprint density at radius 1 is 1.11 bits per heavy atom. The second-order valence-electron chi connectivity index (χ2n) is 4.22. The first-order valence-corrected chi connectivity index (χ1v) is 6.62. The molecule has 18 heavy (non-hydrogen) atoms. The summed E-state index contributed by atoms with van der Waals surface area (Å²) in [5.74, 6) is 0. The average Bonchev–Trinajstić information content (AvgIpc) is 2.31. The number of halogens is 3. The van der Waals surface area contributed by atoms with E-state index < -0.39 is 5.51 Å². The van der Waals surface area contributed by atoms with E-state index in [-0.39, 0.29) is 16.7 Å². The highest BCUT2D eigenvalue weighted by molar-refractivity contribution is 8.00. The van der Waals surface area contributed by atoms with E-state index in [0.29, 0.717) is 0 Å². The molecule has 0 aliphatic carbocycles. The molecule has 0 bridgehead atoms. The van der Waals surface area contributed by atoms with Gasteiger partial charge in [-0.2, -0.15) is 13.2 Å². The Morgan fingerprint density at radius 3 is 2.28 bits per heavy atom. The molecule has 2 nitrogen and oxygen atoms in total. The van der Waals surface area contributed by atoms with Crippen molar-refractivity contribution in [1.29, 1.82) is 0 Å². The minimum atomic E-state index is -4.21. The summed E-state index contributed by atoms with van der Waals surface area (Å²) in [4.78, 5) is 2.54. The summed E-state index contributed by atoms with van der Waals surface area (Å²) in [6.45, 7) is 4.72. The van der Waals surface area contributed by atoms with Crippen LogP contribution in [0.1, 0.15) is 5.56 Å². The van der Waals surface area contributed by atoms with E-state index in [4.69, 9.17) is 0 Å². The maximum atomic E-state index is 12.2. The number of hydrogen-bond donors (Lipinski definition) is 1. The van der Waals surface area contributed by atoms with Gasteiger partial charge < -0.3 is 5.32 Å². The maximum Gasteiger partial charge on any atom is 0.446 e. The molecule has 1 aromatic rings. The molecule has 0 saturated carbocycles. The first-order chi connectivity index (χ1) is 8.53. The number of thioether (sulfide) groups is 1. The van der Waals surface area contributed by atoms with Crippen LogP contribution in [0.4, 0.5) is 13.2 Å². The van der Waals surface area contributed by atoms with Crippen LogP contribution in [-0.2, 0) is 6.54 Å². The zero-order valence-electron chi connectivity index (χ0n) is 9.83. The summed E-state index contributed by atoms with van der Waals surface area (Å²) in [6, 6.07) is 6.62. The van der Waals surface area contributed by atoms with Gasteiger partial charge in [-0.1, -0.05) is 12.1 Å². The van der Waals surface area contributed by atoms with Crippen molar-refractivity contribution in [3.63, 3.8) is 0 Å². The molecule has 1 fully saturated rings. The van der Waals surface area contributed by atoms with E-state index in [9.17, 15) is 13.2 Å². The summed E-state index contributed by atoms with van der Waals surface area (Å²) in [6.07, 6.45) is 0. The predicted octanol–water partition coefficient (Wildman–Crippen LogP) is 2.70. The van der Waals surface area contributed by atoms with Gasteiger partial charge in [0.2, 0.25) is 0 Å². The van der Waals surface area contributed by atoms with Crippen molar-refractivity contribution in [3.05, 3.63) is 29.8 Å². The normalized spacial score (nSPS) is 17.9. The van der Waals surface area contributed by atoms with E-state index in [1.807, 2.05) is 0 Å². The molecule has 0 aromatic heterocycles. The van der Waals surface area contributed by atoms with Crippen molar-refractivity contribution < 1.29 is 13.2 Å². The molecular weight excluding hydrogens is 261 g/mol. The zero-order chi connectivity index (χ0) is 13.0. The molecule has 2 rings (SSSR count). The van der Waals surface area contributed by atoms with E-state index >= 15 is 0 Å². The topological polar surface area (TPSA) is 15.3 Å². The second-order valence-corrected chi connectivity index (χ2v) is 5.36. The number of nitrogens with zero attached hydrogens (tertiary/aromatic N) is 1. The number of hydrogen-bond acceptors (Lipinski definition) is 3. The minimum absolute atomic E-state index is 0.0681. The molecule has 0 unspecified atom stereocenters. The van der Waals surface area contributed by atoms with E-state index in [0.717, 1.165) is 38.3 Å². The van der Waals surface area contributed by atoms with Gasteiger partial charge in [-0.05, 0) is 29.5 Å². The lowest BCUT2D eigenvalue weighted by atomic mass is 10.2. The molecule has 1 heterocycles. The summed E-state index contributed by atoms with van der Waals surface area (Å²) < 4.78 is 36.5. The first-order valence-electron chi connectivity index (χ1n) is 5.81. The van der Waals surface area contributed by atoms with Gasteiger partial charge in [0.25, 0.3) is 0 Å². The van der Waals surface area contributed by atoms with Crippen molar-refractivity contribution in [1.82, 2.24) is 10.2 Å². The lowest BCUT2D eigenvalue weighted by Crippen LogP contribution is -2.42. The van der Waals surface area contributed by atoms with Crippen LogP contribution >= 0.6 is 11.8 Å². The molecule has 1 aromatic carbocycles. The van der Waals surface area contributed by atoms with Crippen LogP contribution in [0, 0.1) is 0 Å². The average molecular weight is 276 g/mol. The Balaban J connectivity index is 1.90. The smallest absolute Gasteiger partial charge is 0.314 e. The van der Waals surface area contributed by atoms with Gasteiger partial charge >= 0.3 is 5.51 Å². The van der Waals surface area contributed by atoms with Crippen molar-refractivity contribution in [2.45, 2.75) is 16.9 Å². The third kappa shape index (κ3) is 4.51. The number of piperazine rings is 1. The van der Waals surface area contributed by atoms with Crippen LogP contribution in [0.15, 0.2) is 29.2 Å². The van der Waals surface area contributed by atoms with Crippen LogP contribution in [0.25, 0.3) is 0 Å². The van der Waals surface area contributed by atoms with Gasteiger partial charge in [0, 0.05) is 37.6 Å². The van der Waals surface area contributed by atoms with Gasteiger partial charge in [0.15, 0.2) is 0 Å². The number of alkyl halides is 3. The van der Waals surface area contributed by atoms with E-state index in [1.54, 1.807) is 12.1 Å². The molecule has 0 spiro atoms. The fraction of sp³-hybridized carbons (Fsp3) is 0.500. The molecule has 1 aliphatic rings. The zero-order valence-corrected chi connectivity index (χ0v) is 10.7. The SMILES string of the molecule is FC(F)(F)Sc1ccc(CN2CCNCC2)cc1. The van der Waals surface area contributed by atoms with Crippen LogP contribution in [-0.4, -0.2) is 36.6 Å². The lowest BCUT2D eigenvalue weighted by Gasteiger charge is -2.27. The standard InChI is InChI=1S/C12H15F3N2S/c13-12(14,15)18-11-3-1-10(2-4-11)9-17-7-5-16-6-8-17/h1-4,16H,5-9H2. The molecule has 1 N–H and O–H groups in total. The van der Waals surface area contributed by atoms with Crippen LogP contribution in [0.2, 0.25) is 0 Å². The first kappa shape index (κ1) is 13.7.